The van der Waals surface area contributed by atoms with Crippen molar-refractivity contribution in [2.24, 2.45) is 0 Å². The van der Waals surface area contributed by atoms with Crippen LogP contribution < -0.4 is 5.32 Å². The summed E-state index contributed by atoms with van der Waals surface area (Å²) in [7, 11) is 0. The van der Waals surface area contributed by atoms with E-state index in [0.29, 0.717) is 0 Å². The molecule has 114 valence electrons. The van der Waals surface area contributed by atoms with Crippen molar-refractivity contribution in [1.82, 2.24) is 15.3 Å². The van der Waals surface area contributed by atoms with Gasteiger partial charge in [0.1, 0.15) is 10.8 Å². The molecule has 1 N–H and O–H groups in total. The standard InChI is InChI=1S/C16H22FN3S/c1-5-8-18-10-13-14(16(2,3)4)20-15(21-13)12-7-6-11(17)9-19-12/h6-7,9,18H,5,8,10H2,1-4H3. The quantitative estimate of drug-likeness (QED) is 0.844. The summed E-state index contributed by atoms with van der Waals surface area (Å²) in [5, 5.41) is 4.28. The predicted molar refractivity (Wildman–Crippen MR) is 86.0 cm³/mol. The molecular formula is C16H22FN3S. The van der Waals surface area contributed by atoms with E-state index in [-0.39, 0.29) is 11.2 Å². The average molecular weight is 307 g/mol. The van der Waals surface area contributed by atoms with Crippen molar-refractivity contribution in [3.63, 3.8) is 0 Å². The van der Waals surface area contributed by atoms with Gasteiger partial charge in [0.25, 0.3) is 0 Å². The monoisotopic (exact) mass is 307 g/mol. The SMILES string of the molecule is CCCNCc1sc(-c2ccc(F)cn2)nc1C(C)(C)C. The second-order valence-corrected chi connectivity index (χ2v) is 7.16. The molecule has 0 aliphatic rings. The Morgan fingerprint density at radius 2 is 2.05 bits per heavy atom. The van der Waals surface area contributed by atoms with Crippen LogP contribution in [0.3, 0.4) is 0 Å². The van der Waals surface area contributed by atoms with Gasteiger partial charge in [-0.15, -0.1) is 11.3 Å². The van der Waals surface area contributed by atoms with Gasteiger partial charge in [-0.05, 0) is 25.1 Å². The minimum absolute atomic E-state index is 0.0159. The van der Waals surface area contributed by atoms with Gasteiger partial charge in [-0.2, -0.15) is 0 Å². The Hall–Kier alpha value is -1.33. The first-order valence-corrected chi connectivity index (χ1v) is 8.06. The lowest BCUT2D eigenvalue weighted by atomic mass is 9.91. The third-order valence-electron chi connectivity index (χ3n) is 3.07. The van der Waals surface area contributed by atoms with Crippen LogP contribution >= 0.6 is 11.3 Å². The molecule has 2 heterocycles. The zero-order valence-corrected chi connectivity index (χ0v) is 13.9. The minimum atomic E-state index is -0.323. The molecule has 0 radical (unpaired) electrons. The van der Waals surface area contributed by atoms with Crippen LogP contribution in [0.1, 0.15) is 44.7 Å². The summed E-state index contributed by atoms with van der Waals surface area (Å²) in [6.45, 7) is 10.4. The van der Waals surface area contributed by atoms with E-state index < -0.39 is 0 Å². The van der Waals surface area contributed by atoms with Gasteiger partial charge in [-0.1, -0.05) is 27.7 Å². The Labute approximate surface area is 129 Å². The van der Waals surface area contributed by atoms with Gasteiger partial charge >= 0.3 is 0 Å². The van der Waals surface area contributed by atoms with Gasteiger partial charge in [-0.3, -0.25) is 4.98 Å². The summed E-state index contributed by atoms with van der Waals surface area (Å²) in [5.41, 5.74) is 1.81. The molecule has 2 aromatic heterocycles. The fourth-order valence-electron chi connectivity index (χ4n) is 2.05. The number of hydrogen-bond donors (Lipinski definition) is 1. The number of halogens is 1. The fraction of sp³-hybridized carbons (Fsp3) is 0.500. The molecule has 5 heteroatoms. The lowest BCUT2D eigenvalue weighted by Crippen LogP contribution is -2.19. The Balaban J connectivity index is 2.33. The van der Waals surface area contributed by atoms with Crippen LogP contribution in [0.25, 0.3) is 10.7 Å². The highest BCUT2D eigenvalue weighted by molar-refractivity contribution is 7.15. The van der Waals surface area contributed by atoms with E-state index in [1.54, 1.807) is 17.4 Å². The maximum absolute atomic E-state index is 13.0. The third kappa shape index (κ3) is 4.08. The number of thiazole rings is 1. The van der Waals surface area contributed by atoms with Crippen LogP contribution in [-0.4, -0.2) is 16.5 Å². The van der Waals surface area contributed by atoms with Crippen molar-refractivity contribution in [3.8, 4) is 10.7 Å². The number of nitrogens with zero attached hydrogens (tertiary/aromatic N) is 2. The predicted octanol–water partition coefficient (Wildman–Crippen LogP) is 4.14. The highest BCUT2D eigenvalue weighted by Gasteiger charge is 2.23. The maximum Gasteiger partial charge on any atom is 0.142 e. The molecule has 0 unspecified atom stereocenters. The molecular weight excluding hydrogens is 285 g/mol. The zero-order valence-electron chi connectivity index (χ0n) is 13.0. The van der Waals surface area contributed by atoms with E-state index in [1.165, 1.54) is 17.1 Å². The number of aromatic nitrogens is 2. The second kappa shape index (κ2) is 6.62. The van der Waals surface area contributed by atoms with Crippen LogP contribution in [0.15, 0.2) is 18.3 Å². The topological polar surface area (TPSA) is 37.8 Å². The summed E-state index contributed by atoms with van der Waals surface area (Å²) in [6, 6.07) is 3.11. The summed E-state index contributed by atoms with van der Waals surface area (Å²) in [4.78, 5) is 10.1. The molecule has 21 heavy (non-hydrogen) atoms. The van der Waals surface area contributed by atoms with Crippen LogP contribution in [0.2, 0.25) is 0 Å². The average Bonchev–Trinajstić information content (AvgIpc) is 2.84. The van der Waals surface area contributed by atoms with Gasteiger partial charge < -0.3 is 5.32 Å². The molecule has 0 atom stereocenters. The maximum atomic E-state index is 13.0. The summed E-state index contributed by atoms with van der Waals surface area (Å²) >= 11 is 1.64. The smallest absolute Gasteiger partial charge is 0.142 e. The Morgan fingerprint density at radius 1 is 1.29 bits per heavy atom. The largest absolute Gasteiger partial charge is 0.312 e. The molecule has 3 nitrogen and oxygen atoms in total. The molecule has 2 aromatic rings. The molecule has 0 spiro atoms. The lowest BCUT2D eigenvalue weighted by Gasteiger charge is -2.17. The second-order valence-electron chi connectivity index (χ2n) is 6.08. The highest BCUT2D eigenvalue weighted by Crippen LogP contribution is 2.33. The number of nitrogens with one attached hydrogen (secondary N) is 1. The van der Waals surface area contributed by atoms with Crippen LogP contribution in [0, 0.1) is 5.82 Å². The molecule has 0 saturated heterocycles. The third-order valence-corrected chi connectivity index (χ3v) is 4.14. The van der Waals surface area contributed by atoms with Gasteiger partial charge in [0.05, 0.1) is 17.6 Å². The van der Waals surface area contributed by atoms with Crippen molar-refractivity contribution in [2.45, 2.75) is 46.1 Å². The van der Waals surface area contributed by atoms with Crippen molar-refractivity contribution in [1.29, 1.82) is 0 Å². The molecule has 0 aliphatic carbocycles. The Kier molecular flexibility index (Phi) is 5.06. The van der Waals surface area contributed by atoms with E-state index in [0.717, 1.165) is 35.9 Å². The fourth-order valence-corrected chi connectivity index (χ4v) is 3.27. The van der Waals surface area contributed by atoms with Crippen LogP contribution in [-0.2, 0) is 12.0 Å². The van der Waals surface area contributed by atoms with Gasteiger partial charge in [0.15, 0.2) is 0 Å². The Bertz CT molecular complexity index is 585. The van der Waals surface area contributed by atoms with E-state index in [2.05, 4.69) is 38.0 Å². The summed E-state index contributed by atoms with van der Waals surface area (Å²) in [6.07, 6.45) is 2.35. The van der Waals surface area contributed by atoms with Crippen LogP contribution in [0.4, 0.5) is 4.39 Å². The van der Waals surface area contributed by atoms with Crippen molar-refractivity contribution in [2.75, 3.05) is 6.54 Å². The summed E-state index contributed by atoms with van der Waals surface area (Å²) in [5.74, 6) is -0.323. The Morgan fingerprint density at radius 3 is 2.62 bits per heavy atom. The lowest BCUT2D eigenvalue weighted by molar-refractivity contribution is 0.559. The minimum Gasteiger partial charge on any atom is -0.312 e. The zero-order chi connectivity index (χ0) is 15.5. The van der Waals surface area contributed by atoms with E-state index in [9.17, 15) is 4.39 Å². The van der Waals surface area contributed by atoms with Crippen molar-refractivity contribution in [3.05, 3.63) is 34.7 Å². The summed E-state index contributed by atoms with van der Waals surface area (Å²) < 4.78 is 13.0. The first kappa shape index (κ1) is 16.0. The molecule has 0 bridgehead atoms. The van der Waals surface area contributed by atoms with E-state index in [1.807, 2.05) is 0 Å². The van der Waals surface area contributed by atoms with Gasteiger partial charge in [0.2, 0.25) is 0 Å². The molecule has 0 amide bonds. The normalized spacial score (nSPS) is 11.9. The van der Waals surface area contributed by atoms with Crippen LogP contribution in [0.5, 0.6) is 0 Å². The van der Waals surface area contributed by atoms with Gasteiger partial charge in [-0.25, -0.2) is 9.37 Å². The first-order valence-electron chi connectivity index (χ1n) is 7.24. The number of hydrogen-bond acceptors (Lipinski definition) is 4. The first-order chi connectivity index (χ1) is 9.91. The number of pyridine rings is 1. The molecule has 0 aliphatic heterocycles. The molecule has 0 saturated carbocycles. The molecule has 0 aromatic carbocycles. The molecule has 2 rings (SSSR count). The van der Waals surface area contributed by atoms with E-state index >= 15 is 0 Å². The van der Waals surface area contributed by atoms with E-state index in [4.69, 9.17) is 4.98 Å². The van der Waals surface area contributed by atoms with Crippen molar-refractivity contribution < 1.29 is 4.39 Å². The highest BCUT2D eigenvalue weighted by atomic mass is 32.1. The molecule has 0 fully saturated rings. The number of rotatable bonds is 5. The van der Waals surface area contributed by atoms with Crippen molar-refractivity contribution >= 4 is 11.3 Å². The van der Waals surface area contributed by atoms with Gasteiger partial charge in [0, 0.05) is 16.8 Å².